The van der Waals surface area contributed by atoms with Gasteiger partial charge in [0, 0.05) is 34.3 Å². The summed E-state index contributed by atoms with van der Waals surface area (Å²) in [6, 6.07) is 30.2. The normalized spacial score (nSPS) is 12.7. The molecule has 2 fully saturated rings. The number of hydrogen-bond donors (Lipinski definition) is 0. The van der Waals surface area contributed by atoms with Gasteiger partial charge in [-0.3, -0.25) is 4.79 Å². The van der Waals surface area contributed by atoms with Crippen LogP contribution >= 0.6 is 0 Å². The third-order valence-electron chi connectivity index (χ3n) is 9.42. The Morgan fingerprint density at radius 2 is 0.917 bits per heavy atom. The van der Waals surface area contributed by atoms with Crippen LogP contribution in [0.1, 0.15) is 77.2 Å². The minimum atomic E-state index is -0.483. The number of carbonyl (C=O) groups is 4. The van der Waals surface area contributed by atoms with E-state index >= 15 is 0 Å². The SMILES string of the molecule is C1CCCC1.C=C(C)C(=O)OCOc1ccc(-c2ccc(-c3ccc(OCOC(=O)C(=C)C)cc3)cc2)cc1.C=CC(=O)OCc1ccc(OC(=O)C2CCCC2)cc1.[Fe]. The van der Waals surface area contributed by atoms with E-state index in [1.165, 1.54) is 32.1 Å². The minimum absolute atomic E-state index is 0. The van der Waals surface area contributed by atoms with E-state index in [9.17, 15) is 19.2 Å². The van der Waals surface area contributed by atoms with Gasteiger partial charge in [-0.1, -0.05) is 125 Å². The van der Waals surface area contributed by atoms with Crippen molar-refractivity contribution in [2.75, 3.05) is 13.6 Å². The van der Waals surface area contributed by atoms with Gasteiger partial charge in [-0.05, 0) is 90.9 Å². The molecule has 0 radical (unpaired) electrons. The molecule has 0 amide bonds. The van der Waals surface area contributed by atoms with E-state index in [0.717, 1.165) is 59.6 Å². The van der Waals surface area contributed by atoms with Gasteiger partial charge >= 0.3 is 23.9 Å². The molecule has 0 bridgehead atoms. The monoisotopic (exact) mass is 858 g/mol. The van der Waals surface area contributed by atoms with E-state index in [1.54, 1.807) is 38.1 Å². The summed E-state index contributed by atoms with van der Waals surface area (Å²) in [5.41, 5.74) is 5.67. The first-order valence-corrected chi connectivity index (χ1v) is 19.8. The van der Waals surface area contributed by atoms with Gasteiger partial charge in [0.1, 0.15) is 23.9 Å². The predicted molar refractivity (Wildman–Crippen MR) is 227 cm³/mol. The van der Waals surface area contributed by atoms with Gasteiger partial charge in [0.25, 0.3) is 0 Å². The average molecular weight is 859 g/mol. The Morgan fingerprint density at radius 1 is 0.550 bits per heavy atom. The summed E-state index contributed by atoms with van der Waals surface area (Å²) in [6.45, 7) is 13.4. The second-order valence-electron chi connectivity index (χ2n) is 14.2. The van der Waals surface area contributed by atoms with E-state index in [1.807, 2.05) is 72.8 Å². The Hall–Kier alpha value is -5.90. The van der Waals surface area contributed by atoms with Crippen molar-refractivity contribution in [1.82, 2.24) is 0 Å². The molecule has 2 saturated carbocycles. The number of ether oxygens (including phenoxy) is 6. The van der Waals surface area contributed by atoms with Crippen molar-refractivity contribution in [3.05, 3.63) is 140 Å². The van der Waals surface area contributed by atoms with Crippen LogP contribution in [0.2, 0.25) is 0 Å². The van der Waals surface area contributed by atoms with Crippen molar-refractivity contribution in [2.45, 2.75) is 78.2 Å². The standard InChI is InChI=1S/C28H26O6.C16H18O4.C5H10.Fe/c1-19(2)27(29)33-17-31-25-13-9-23(10-14-25)21-5-7-22(8-6-21)24-11-15-26(16-12-24)32-18-34-28(30)20(3)4;1-2-15(17)19-11-12-7-9-14(10-8-12)20-16(18)13-5-3-4-6-13;1-2-4-5-3-1;/h5-16H,1,3,17-18H2,2,4H3;2,7-10,13H,1,3-6,11H2;1-5H2;. The maximum Gasteiger partial charge on any atom is 0.335 e. The molecule has 4 aromatic carbocycles. The number of carbonyl (C=O) groups excluding carboxylic acids is 4. The molecule has 4 aromatic rings. The molecule has 60 heavy (non-hydrogen) atoms. The number of hydrogen-bond acceptors (Lipinski definition) is 10. The smallest absolute Gasteiger partial charge is 0.335 e. The second kappa shape index (κ2) is 26.2. The maximum absolute atomic E-state index is 11.9. The molecule has 10 nitrogen and oxygen atoms in total. The van der Waals surface area contributed by atoms with Crippen LogP contribution < -0.4 is 14.2 Å². The molecule has 0 aliphatic heterocycles. The van der Waals surface area contributed by atoms with Gasteiger partial charge in [-0.15, -0.1) is 0 Å². The number of esters is 4. The maximum atomic E-state index is 11.9. The van der Waals surface area contributed by atoms with Crippen molar-refractivity contribution in [3.8, 4) is 39.5 Å². The topological polar surface area (TPSA) is 124 Å². The van der Waals surface area contributed by atoms with Gasteiger partial charge in [-0.2, -0.15) is 0 Å². The summed E-state index contributed by atoms with van der Waals surface area (Å²) in [5.74, 6) is 0.211. The molecule has 2 aliphatic rings. The number of benzene rings is 4. The molecule has 6 rings (SSSR count). The van der Waals surface area contributed by atoms with Gasteiger partial charge in [-0.25, -0.2) is 14.4 Å². The molecule has 11 heteroatoms. The Bertz CT molecular complexity index is 1890. The molecule has 0 spiro atoms. The van der Waals surface area contributed by atoms with E-state index in [4.69, 9.17) is 28.4 Å². The average Bonchev–Trinajstić information content (AvgIpc) is 4.03. The van der Waals surface area contributed by atoms with Crippen molar-refractivity contribution >= 4 is 23.9 Å². The first-order chi connectivity index (χ1) is 28.5. The largest absolute Gasteiger partial charge is 0.458 e. The molecule has 0 saturated heterocycles. The van der Waals surface area contributed by atoms with Crippen LogP contribution in [0.15, 0.2) is 134 Å². The fourth-order valence-electron chi connectivity index (χ4n) is 6.00. The second-order valence-corrected chi connectivity index (χ2v) is 14.2. The van der Waals surface area contributed by atoms with Gasteiger partial charge < -0.3 is 28.4 Å². The molecule has 0 aromatic heterocycles. The van der Waals surface area contributed by atoms with Crippen LogP contribution in [0.25, 0.3) is 22.3 Å². The van der Waals surface area contributed by atoms with Crippen molar-refractivity contribution in [2.24, 2.45) is 5.92 Å². The molecular weight excluding hydrogens is 804 g/mol. The summed E-state index contributed by atoms with van der Waals surface area (Å²) in [6.07, 6.45) is 12.7. The fourth-order valence-corrected chi connectivity index (χ4v) is 6.00. The van der Waals surface area contributed by atoms with E-state index in [-0.39, 0.29) is 49.1 Å². The zero-order valence-electron chi connectivity index (χ0n) is 34.4. The third-order valence-corrected chi connectivity index (χ3v) is 9.42. The Morgan fingerprint density at radius 3 is 1.28 bits per heavy atom. The summed E-state index contributed by atoms with van der Waals surface area (Å²) in [4.78, 5) is 45.5. The Kier molecular flexibility index (Phi) is 21.2. The van der Waals surface area contributed by atoms with Crippen molar-refractivity contribution in [3.63, 3.8) is 0 Å². The van der Waals surface area contributed by atoms with Crippen LogP contribution in [-0.4, -0.2) is 37.5 Å². The molecule has 318 valence electrons. The van der Waals surface area contributed by atoms with Gasteiger partial charge in [0.2, 0.25) is 13.6 Å². The molecule has 0 N–H and O–H groups in total. The quantitative estimate of drug-likeness (QED) is 0.0285. The van der Waals surface area contributed by atoms with Crippen molar-refractivity contribution in [1.29, 1.82) is 0 Å². The van der Waals surface area contributed by atoms with Crippen LogP contribution in [0, 0.1) is 5.92 Å². The zero-order chi connectivity index (χ0) is 42.4. The van der Waals surface area contributed by atoms with E-state index in [2.05, 4.69) is 19.7 Å². The Labute approximate surface area is 364 Å². The summed E-state index contributed by atoms with van der Waals surface area (Å²) in [7, 11) is 0. The molecular formula is C49H54FeO10. The third kappa shape index (κ3) is 17.1. The molecule has 0 atom stereocenters. The molecule has 0 unspecified atom stereocenters. The fraction of sp³-hybridized carbons (Fsp3) is 0.306. The van der Waals surface area contributed by atoms with Crippen LogP contribution in [-0.2, 0) is 57.1 Å². The molecule has 2 aliphatic carbocycles. The van der Waals surface area contributed by atoms with Crippen molar-refractivity contribution < 1.29 is 64.7 Å². The first kappa shape index (κ1) is 48.5. The van der Waals surface area contributed by atoms with E-state index in [0.29, 0.717) is 28.4 Å². The van der Waals surface area contributed by atoms with Crippen LogP contribution in [0.3, 0.4) is 0 Å². The molecule has 0 heterocycles. The Balaban J connectivity index is 0.000000310. The summed E-state index contributed by atoms with van der Waals surface area (Å²) in [5, 5.41) is 0. The van der Waals surface area contributed by atoms with Gasteiger partial charge in [0.05, 0.1) is 5.92 Å². The van der Waals surface area contributed by atoms with Crippen LogP contribution in [0.4, 0.5) is 0 Å². The zero-order valence-corrected chi connectivity index (χ0v) is 35.5. The van der Waals surface area contributed by atoms with Crippen LogP contribution in [0.5, 0.6) is 17.2 Å². The van der Waals surface area contributed by atoms with Gasteiger partial charge in [0.15, 0.2) is 0 Å². The van der Waals surface area contributed by atoms with E-state index < -0.39 is 17.9 Å². The predicted octanol–water partition coefficient (Wildman–Crippen LogP) is 10.9. The summed E-state index contributed by atoms with van der Waals surface area (Å²) >= 11 is 0. The minimum Gasteiger partial charge on any atom is -0.458 e. The summed E-state index contributed by atoms with van der Waals surface area (Å²) < 4.78 is 31.0. The first-order valence-electron chi connectivity index (χ1n) is 19.8. The number of rotatable bonds is 15.